The first kappa shape index (κ1) is 19.8. The summed E-state index contributed by atoms with van der Waals surface area (Å²) in [7, 11) is 1.62. The summed E-state index contributed by atoms with van der Waals surface area (Å²) in [6.45, 7) is 0.463. The fraction of sp³-hybridized carbons (Fsp3) is 0.0833. The van der Waals surface area contributed by atoms with E-state index in [-0.39, 0.29) is 5.91 Å². The number of carbonyl (C=O) groups excluding carboxylic acids is 1. The van der Waals surface area contributed by atoms with Crippen LogP contribution in [0.15, 0.2) is 88.8 Å². The van der Waals surface area contributed by atoms with Crippen LogP contribution in [0.4, 0.5) is 5.69 Å². The minimum atomic E-state index is -0.176. The van der Waals surface area contributed by atoms with Gasteiger partial charge in [0.25, 0.3) is 5.91 Å². The first-order chi connectivity index (χ1) is 14.7. The maximum absolute atomic E-state index is 12.4. The summed E-state index contributed by atoms with van der Waals surface area (Å²) < 4.78 is 11.1. The van der Waals surface area contributed by atoms with Crippen molar-refractivity contribution in [3.8, 4) is 11.5 Å². The number of ether oxygens (including phenoxy) is 2. The predicted octanol–water partition coefficient (Wildman–Crippen LogP) is 5.17. The van der Waals surface area contributed by atoms with Crippen LogP contribution in [0.25, 0.3) is 6.08 Å². The number of nitrogens with one attached hydrogen (secondary N) is 1. The van der Waals surface area contributed by atoms with Gasteiger partial charge in [-0.1, -0.05) is 48.5 Å². The lowest BCUT2D eigenvalue weighted by molar-refractivity contribution is -0.115. The van der Waals surface area contributed by atoms with Crippen LogP contribution in [-0.2, 0) is 11.4 Å². The molecule has 0 atom stereocenters. The van der Waals surface area contributed by atoms with Crippen LogP contribution in [0.2, 0.25) is 0 Å². The van der Waals surface area contributed by atoms with Crippen molar-refractivity contribution in [1.29, 1.82) is 0 Å². The first-order valence-corrected chi connectivity index (χ1v) is 10.2. The third-order valence-corrected chi connectivity index (χ3v) is 5.31. The smallest absolute Gasteiger partial charge is 0.264 e. The Morgan fingerprint density at radius 1 is 0.967 bits per heavy atom. The molecule has 0 aliphatic carbocycles. The van der Waals surface area contributed by atoms with E-state index in [9.17, 15) is 4.79 Å². The van der Waals surface area contributed by atoms with Gasteiger partial charge >= 0.3 is 0 Å². The molecule has 1 amide bonds. The topological polar surface area (TPSA) is 59.9 Å². The molecule has 1 aliphatic rings. The number of thioether (sulfide) groups is 1. The molecule has 0 saturated carbocycles. The molecule has 0 bridgehead atoms. The quantitative estimate of drug-likeness (QED) is 0.564. The average molecular weight is 417 g/mol. The van der Waals surface area contributed by atoms with E-state index in [0.717, 1.165) is 28.3 Å². The number of hydrogen-bond acceptors (Lipinski definition) is 5. The highest BCUT2D eigenvalue weighted by Gasteiger charge is 2.24. The number of aliphatic imine (C=N–C) groups is 1. The van der Waals surface area contributed by atoms with Crippen LogP contribution >= 0.6 is 11.8 Å². The van der Waals surface area contributed by atoms with Gasteiger partial charge < -0.3 is 14.8 Å². The van der Waals surface area contributed by atoms with Gasteiger partial charge in [0.2, 0.25) is 0 Å². The predicted molar refractivity (Wildman–Crippen MR) is 121 cm³/mol. The third kappa shape index (κ3) is 4.90. The number of hydrogen-bond donors (Lipinski definition) is 1. The molecular weight excluding hydrogens is 396 g/mol. The van der Waals surface area contributed by atoms with E-state index in [0.29, 0.717) is 16.7 Å². The Morgan fingerprint density at radius 2 is 1.70 bits per heavy atom. The normalized spacial score (nSPS) is 16.0. The zero-order chi connectivity index (χ0) is 20.8. The molecule has 30 heavy (non-hydrogen) atoms. The highest BCUT2D eigenvalue weighted by atomic mass is 32.2. The van der Waals surface area contributed by atoms with Gasteiger partial charge in [-0.05, 0) is 53.7 Å². The number of benzene rings is 3. The SMILES string of the molecule is COc1ccc(N=C2NC(=O)/C(=C/c3ccccc3OCc3ccccc3)S2)cc1. The van der Waals surface area contributed by atoms with E-state index in [1.807, 2.05) is 84.9 Å². The van der Waals surface area contributed by atoms with Crippen LogP contribution in [0, 0.1) is 0 Å². The Balaban J connectivity index is 1.50. The Hall–Kier alpha value is -3.51. The Morgan fingerprint density at radius 3 is 2.47 bits per heavy atom. The fourth-order valence-electron chi connectivity index (χ4n) is 2.86. The number of methoxy groups -OCH3 is 1. The van der Waals surface area contributed by atoms with Crippen molar-refractivity contribution in [3.05, 3.63) is 94.9 Å². The van der Waals surface area contributed by atoms with Gasteiger partial charge in [0.05, 0.1) is 17.7 Å². The van der Waals surface area contributed by atoms with E-state index in [4.69, 9.17) is 9.47 Å². The van der Waals surface area contributed by atoms with Gasteiger partial charge in [-0.25, -0.2) is 4.99 Å². The molecule has 0 aromatic heterocycles. The molecule has 4 rings (SSSR count). The summed E-state index contributed by atoms with van der Waals surface area (Å²) in [5.74, 6) is 1.31. The maximum atomic E-state index is 12.4. The van der Waals surface area contributed by atoms with E-state index >= 15 is 0 Å². The Bertz CT molecular complexity index is 1090. The van der Waals surface area contributed by atoms with Gasteiger partial charge in [-0.2, -0.15) is 0 Å². The van der Waals surface area contributed by atoms with E-state index in [2.05, 4.69) is 10.3 Å². The molecule has 5 nitrogen and oxygen atoms in total. The largest absolute Gasteiger partial charge is 0.497 e. The van der Waals surface area contributed by atoms with Crippen LogP contribution in [0.3, 0.4) is 0 Å². The molecule has 1 heterocycles. The summed E-state index contributed by atoms with van der Waals surface area (Å²) in [4.78, 5) is 17.5. The summed E-state index contributed by atoms with van der Waals surface area (Å²) >= 11 is 1.31. The Kier molecular flexibility index (Phi) is 6.15. The molecular formula is C24H20N2O3S. The fourth-order valence-corrected chi connectivity index (χ4v) is 3.70. The third-order valence-electron chi connectivity index (χ3n) is 4.40. The summed E-state index contributed by atoms with van der Waals surface area (Å²) in [6.07, 6.45) is 1.83. The van der Waals surface area contributed by atoms with Crippen LogP contribution in [-0.4, -0.2) is 18.2 Å². The monoisotopic (exact) mass is 416 g/mol. The molecule has 1 aliphatic heterocycles. The maximum Gasteiger partial charge on any atom is 0.264 e. The lowest BCUT2D eigenvalue weighted by Gasteiger charge is -2.09. The number of amides is 1. The highest BCUT2D eigenvalue weighted by Crippen LogP contribution is 2.31. The second-order valence-corrected chi connectivity index (χ2v) is 7.52. The average Bonchev–Trinajstić information content (AvgIpc) is 3.13. The van der Waals surface area contributed by atoms with E-state index < -0.39 is 0 Å². The molecule has 0 spiro atoms. The van der Waals surface area contributed by atoms with Crippen molar-refractivity contribution in [3.63, 3.8) is 0 Å². The zero-order valence-corrected chi connectivity index (χ0v) is 17.2. The van der Waals surface area contributed by atoms with Gasteiger partial charge in [0.1, 0.15) is 18.1 Å². The molecule has 0 unspecified atom stereocenters. The van der Waals surface area contributed by atoms with Crippen molar-refractivity contribution < 1.29 is 14.3 Å². The molecule has 150 valence electrons. The summed E-state index contributed by atoms with van der Waals surface area (Å²) in [5.41, 5.74) is 2.67. The van der Waals surface area contributed by atoms with Gasteiger partial charge in [-0.3, -0.25) is 4.79 Å². The molecule has 1 N–H and O–H groups in total. The minimum absolute atomic E-state index is 0.176. The molecule has 6 heteroatoms. The van der Waals surface area contributed by atoms with Crippen molar-refractivity contribution in [2.45, 2.75) is 6.61 Å². The summed E-state index contributed by atoms with van der Waals surface area (Å²) in [6, 6.07) is 25.0. The molecule has 3 aromatic carbocycles. The lowest BCUT2D eigenvalue weighted by Crippen LogP contribution is -2.19. The van der Waals surface area contributed by atoms with Crippen molar-refractivity contribution in [1.82, 2.24) is 5.32 Å². The molecule has 3 aromatic rings. The van der Waals surface area contributed by atoms with E-state index in [1.54, 1.807) is 7.11 Å². The van der Waals surface area contributed by atoms with Crippen LogP contribution in [0.5, 0.6) is 11.5 Å². The van der Waals surface area contributed by atoms with Gasteiger partial charge in [-0.15, -0.1) is 0 Å². The second-order valence-electron chi connectivity index (χ2n) is 6.49. The molecule has 1 saturated heterocycles. The molecule has 1 fully saturated rings. The Labute approximate surface area is 179 Å². The minimum Gasteiger partial charge on any atom is -0.497 e. The molecule has 0 radical (unpaired) electrons. The first-order valence-electron chi connectivity index (χ1n) is 9.41. The summed E-state index contributed by atoms with van der Waals surface area (Å²) in [5, 5.41) is 3.35. The van der Waals surface area contributed by atoms with Crippen LogP contribution in [0.1, 0.15) is 11.1 Å². The standard InChI is InChI=1S/C24H20N2O3S/c1-28-20-13-11-19(12-14-20)25-24-26-23(27)22(30-24)15-18-9-5-6-10-21(18)29-16-17-7-3-2-4-8-17/h2-15H,16H2,1H3,(H,25,26,27)/b22-15-. The van der Waals surface area contributed by atoms with Crippen molar-refractivity contribution >= 4 is 34.6 Å². The highest BCUT2D eigenvalue weighted by molar-refractivity contribution is 8.18. The van der Waals surface area contributed by atoms with Crippen LogP contribution < -0.4 is 14.8 Å². The number of rotatable bonds is 6. The van der Waals surface area contributed by atoms with Crippen molar-refractivity contribution in [2.75, 3.05) is 7.11 Å². The lowest BCUT2D eigenvalue weighted by atomic mass is 10.2. The van der Waals surface area contributed by atoms with Crippen molar-refractivity contribution in [2.24, 2.45) is 4.99 Å². The number of carbonyl (C=O) groups is 1. The van der Waals surface area contributed by atoms with E-state index in [1.165, 1.54) is 11.8 Å². The number of para-hydroxylation sites is 1. The number of amidine groups is 1. The van der Waals surface area contributed by atoms with Gasteiger partial charge in [0.15, 0.2) is 5.17 Å². The van der Waals surface area contributed by atoms with Gasteiger partial charge in [0, 0.05) is 5.56 Å². The second kappa shape index (κ2) is 9.33. The zero-order valence-electron chi connectivity index (χ0n) is 16.4. The number of nitrogens with zero attached hydrogens (tertiary/aromatic N) is 1.